The molecule has 0 aliphatic carbocycles. The van der Waals surface area contributed by atoms with Crippen molar-refractivity contribution in [3.63, 3.8) is 0 Å². The second-order valence-electron chi connectivity index (χ2n) is 6.17. The van der Waals surface area contributed by atoms with Crippen molar-refractivity contribution in [2.45, 2.75) is 13.0 Å². The maximum atomic E-state index is 12.6. The molecule has 2 aromatic carbocycles. The van der Waals surface area contributed by atoms with E-state index in [1.807, 2.05) is 6.92 Å². The first-order chi connectivity index (χ1) is 12.6. The fourth-order valence-corrected chi connectivity index (χ4v) is 3.64. The Balaban J connectivity index is 1.87. The summed E-state index contributed by atoms with van der Waals surface area (Å²) in [7, 11) is -3.63. The van der Waals surface area contributed by atoms with Crippen LogP contribution in [0.4, 0.5) is 17.1 Å². The average Bonchev–Trinajstić information content (AvgIpc) is 2.60. The number of carbonyl (C=O) groups excluding carboxylic acids is 1. The van der Waals surface area contributed by atoms with Gasteiger partial charge in [0.05, 0.1) is 23.4 Å². The van der Waals surface area contributed by atoms with Gasteiger partial charge in [-0.1, -0.05) is 12.1 Å². The summed E-state index contributed by atoms with van der Waals surface area (Å²) in [5, 5.41) is 13.4. The Bertz CT molecular complexity index is 1020. The molecular formula is C17H17N3O6S. The third kappa shape index (κ3) is 4.00. The number of fused-ring (bicyclic) bond motifs is 1. The van der Waals surface area contributed by atoms with Crippen LogP contribution in [-0.4, -0.2) is 38.2 Å². The monoisotopic (exact) mass is 391 g/mol. The van der Waals surface area contributed by atoms with Gasteiger partial charge in [0.25, 0.3) is 11.6 Å². The molecule has 142 valence electrons. The third-order valence-corrected chi connectivity index (χ3v) is 5.15. The molecule has 0 aromatic heterocycles. The first kappa shape index (κ1) is 18.6. The summed E-state index contributed by atoms with van der Waals surface area (Å²) in [5.74, 6) is -0.327. The smallest absolute Gasteiger partial charge is 0.271 e. The van der Waals surface area contributed by atoms with Crippen LogP contribution in [0.15, 0.2) is 42.5 Å². The Morgan fingerprint density at radius 2 is 2.04 bits per heavy atom. The number of nitro groups is 1. The normalized spacial score (nSPS) is 16.2. The van der Waals surface area contributed by atoms with Gasteiger partial charge in [-0.25, -0.2) is 8.42 Å². The van der Waals surface area contributed by atoms with Crippen molar-refractivity contribution in [2.24, 2.45) is 0 Å². The Morgan fingerprint density at radius 3 is 2.70 bits per heavy atom. The molecule has 0 spiro atoms. The summed E-state index contributed by atoms with van der Waals surface area (Å²) in [6, 6.07) is 10.5. The molecule has 27 heavy (non-hydrogen) atoms. The van der Waals surface area contributed by atoms with E-state index in [-0.39, 0.29) is 23.7 Å². The molecule has 0 bridgehead atoms. The van der Waals surface area contributed by atoms with Crippen LogP contribution in [0.3, 0.4) is 0 Å². The van der Waals surface area contributed by atoms with Crippen molar-refractivity contribution >= 4 is 33.0 Å². The molecule has 1 aliphatic heterocycles. The van der Waals surface area contributed by atoms with Gasteiger partial charge in [-0.15, -0.1) is 0 Å². The Labute approximate surface area is 155 Å². The number of nitro benzene ring substituents is 1. The average molecular weight is 391 g/mol. The topological polar surface area (TPSA) is 119 Å². The zero-order valence-corrected chi connectivity index (χ0v) is 15.4. The number of hydrogen-bond acceptors (Lipinski definition) is 6. The van der Waals surface area contributed by atoms with E-state index in [1.165, 1.54) is 24.3 Å². The van der Waals surface area contributed by atoms with E-state index < -0.39 is 27.0 Å². The van der Waals surface area contributed by atoms with Crippen LogP contribution in [0, 0.1) is 17.0 Å². The lowest BCUT2D eigenvalue weighted by molar-refractivity contribution is -0.384. The number of nitrogens with zero attached hydrogens (tertiary/aromatic N) is 2. The maximum Gasteiger partial charge on any atom is 0.271 e. The minimum Gasteiger partial charge on any atom is -0.476 e. The molecule has 0 saturated heterocycles. The van der Waals surface area contributed by atoms with Crippen molar-refractivity contribution < 1.29 is 22.9 Å². The number of nitrogens with one attached hydrogen (secondary N) is 1. The minimum absolute atomic E-state index is 0.170. The van der Waals surface area contributed by atoms with Gasteiger partial charge < -0.3 is 10.1 Å². The molecule has 1 N–H and O–H groups in total. The SMILES string of the molecule is Cc1ccc2c(c1)N(S(C)(=O)=O)CC(C(=O)Nc1cccc([N+](=O)[O-])c1)O2. The number of rotatable bonds is 4. The molecule has 2 aromatic rings. The lowest BCUT2D eigenvalue weighted by atomic mass is 10.1. The Morgan fingerprint density at radius 1 is 1.30 bits per heavy atom. The minimum atomic E-state index is -3.63. The highest BCUT2D eigenvalue weighted by Crippen LogP contribution is 2.36. The van der Waals surface area contributed by atoms with Crippen LogP contribution in [0.1, 0.15) is 5.56 Å². The molecule has 0 fully saturated rings. The maximum absolute atomic E-state index is 12.6. The summed E-state index contributed by atoms with van der Waals surface area (Å²) >= 11 is 0. The fourth-order valence-electron chi connectivity index (χ4n) is 2.73. The second kappa shape index (κ2) is 6.88. The predicted octanol–water partition coefficient (Wildman–Crippen LogP) is 2.07. The highest BCUT2D eigenvalue weighted by atomic mass is 32.2. The number of hydrogen-bond donors (Lipinski definition) is 1. The molecular weight excluding hydrogens is 374 g/mol. The van der Waals surface area contributed by atoms with E-state index >= 15 is 0 Å². The van der Waals surface area contributed by atoms with Gasteiger partial charge in [-0.05, 0) is 30.7 Å². The van der Waals surface area contributed by atoms with Gasteiger partial charge in [0, 0.05) is 17.8 Å². The molecule has 3 rings (SSSR count). The van der Waals surface area contributed by atoms with Crippen molar-refractivity contribution in [1.82, 2.24) is 0 Å². The van der Waals surface area contributed by atoms with Crippen LogP contribution >= 0.6 is 0 Å². The van der Waals surface area contributed by atoms with Gasteiger partial charge in [-0.3, -0.25) is 19.2 Å². The van der Waals surface area contributed by atoms with Crippen LogP contribution < -0.4 is 14.4 Å². The molecule has 1 aliphatic rings. The molecule has 1 unspecified atom stereocenters. The van der Waals surface area contributed by atoms with Gasteiger partial charge >= 0.3 is 0 Å². The predicted molar refractivity (Wildman–Crippen MR) is 99.5 cm³/mol. The lowest BCUT2D eigenvalue weighted by Crippen LogP contribution is -2.48. The van der Waals surface area contributed by atoms with Gasteiger partial charge in [-0.2, -0.15) is 0 Å². The third-order valence-electron chi connectivity index (χ3n) is 4.00. The zero-order valence-electron chi connectivity index (χ0n) is 14.6. The Kier molecular flexibility index (Phi) is 4.75. The summed E-state index contributed by atoms with van der Waals surface area (Å²) < 4.78 is 31.1. The van der Waals surface area contributed by atoms with Crippen molar-refractivity contribution in [3.05, 3.63) is 58.1 Å². The number of non-ortho nitro benzene ring substituents is 1. The number of carbonyl (C=O) groups is 1. The van der Waals surface area contributed by atoms with E-state index in [2.05, 4.69) is 5.32 Å². The van der Waals surface area contributed by atoms with E-state index in [0.29, 0.717) is 5.69 Å². The molecule has 9 nitrogen and oxygen atoms in total. The van der Waals surface area contributed by atoms with Gasteiger partial charge in [0.2, 0.25) is 10.0 Å². The van der Waals surface area contributed by atoms with Crippen LogP contribution in [-0.2, 0) is 14.8 Å². The molecule has 1 amide bonds. The summed E-state index contributed by atoms with van der Waals surface area (Å²) in [6.45, 7) is 1.62. The number of amides is 1. The number of aryl methyl sites for hydroxylation is 1. The fraction of sp³-hybridized carbons (Fsp3) is 0.235. The first-order valence-electron chi connectivity index (χ1n) is 7.95. The number of benzene rings is 2. The standard InChI is InChI=1S/C17H17N3O6S/c1-11-6-7-15-14(8-11)19(27(2,24)25)10-16(26-15)17(21)18-12-4-3-5-13(9-12)20(22)23/h3-9,16H,10H2,1-2H3,(H,18,21). The van der Waals surface area contributed by atoms with Crippen molar-refractivity contribution in [1.29, 1.82) is 0 Å². The van der Waals surface area contributed by atoms with Crippen molar-refractivity contribution in [2.75, 3.05) is 22.4 Å². The molecule has 0 saturated carbocycles. The van der Waals surface area contributed by atoms with Crippen LogP contribution in [0.2, 0.25) is 0 Å². The van der Waals surface area contributed by atoms with Crippen molar-refractivity contribution in [3.8, 4) is 5.75 Å². The number of sulfonamides is 1. The van der Waals surface area contributed by atoms with Gasteiger partial charge in [0.1, 0.15) is 5.75 Å². The van der Waals surface area contributed by atoms with E-state index in [9.17, 15) is 23.3 Å². The first-order valence-corrected chi connectivity index (χ1v) is 9.80. The molecule has 0 radical (unpaired) electrons. The largest absolute Gasteiger partial charge is 0.476 e. The zero-order chi connectivity index (χ0) is 19.8. The molecule has 1 atom stereocenters. The quantitative estimate of drug-likeness (QED) is 0.629. The summed E-state index contributed by atoms with van der Waals surface area (Å²) in [5.41, 5.74) is 1.27. The van der Waals surface area contributed by atoms with E-state index in [0.717, 1.165) is 16.1 Å². The van der Waals surface area contributed by atoms with E-state index in [4.69, 9.17) is 4.74 Å². The Hall–Kier alpha value is -3.14. The molecule has 1 heterocycles. The van der Waals surface area contributed by atoms with E-state index in [1.54, 1.807) is 18.2 Å². The second-order valence-corrected chi connectivity index (χ2v) is 8.08. The lowest BCUT2D eigenvalue weighted by Gasteiger charge is -2.34. The van der Waals surface area contributed by atoms with Crippen LogP contribution in [0.5, 0.6) is 5.75 Å². The van der Waals surface area contributed by atoms with Crippen LogP contribution in [0.25, 0.3) is 0 Å². The highest BCUT2D eigenvalue weighted by molar-refractivity contribution is 7.92. The number of anilines is 2. The summed E-state index contributed by atoms with van der Waals surface area (Å²) in [6.07, 6.45) is -0.0471. The summed E-state index contributed by atoms with van der Waals surface area (Å²) in [4.78, 5) is 22.9. The molecule has 10 heteroatoms. The number of ether oxygens (including phenoxy) is 1. The highest BCUT2D eigenvalue weighted by Gasteiger charge is 2.35. The van der Waals surface area contributed by atoms with Gasteiger partial charge in [0.15, 0.2) is 6.10 Å².